The molecule has 226 valence electrons. The summed E-state index contributed by atoms with van der Waals surface area (Å²) in [5.74, 6) is -0.208. The molecule has 1 N–H and O–H groups in total. The summed E-state index contributed by atoms with van der Waals surface area (Å²) in [6, 6.07) is 24.4. The lowest BCUT2D eigenvalue weighted by molar-refractivity contribution is 0.0498. The van der Waals surface area contributed by atoms with Gasteiger partial charge in [-0.15, -0.1) is 0 Å². The first kappa shape index (κ1) is 33.4. The third-order valence-corrected chi connectivity index (χ3v) is 12.2. The number of methoxy groups -OCH3 is 1. The normalized spacial score (nSPS) is 12.8. The van der Waals surface area contributed by atoms with Crippen molar-refractivity contribution in [3.63, 3.8) is 0 Å². The molecule has 42 heavy (non-hydrogen) atoms. The first-order valence-corrected chi connectivity index (χ1v) is 16.7. The highest BCUT2D eigenvalue weighted by Crippen LogP contribution is 2.38. The molecule has 0 saturated carbocycles. The number of carbonyl (C=O) groups is 2. The van der Waals surface area contributed by atoms with E-state index in [1.54, 1.807) is 33.8 Å². The van der Waals surface area contributed by atoms with E-state index in [9.17, 15) is 9.59 Å². The minimum absolute atomic E-state index is 0.181. The Balaban J connectivity index is 1.93. The summed E-state index contributed by atoms with van der Waals surface area (Å²) in [5.41, 5.74) is 0.445. The van der Waals surface area contributed by atoms with Gasteiger partial charge in [0.15, 0.2) is 0 Å². The Morgan fingerprint density at radius 3 is 1.93 bits per heavy atom. The Labute approximate surface area is 259 Å². The summed E-state index contributed by atoms with van der Waals surface area (Å²) < 4.78 is 24.2. The van der Waals surface area contributed by atoms with Crippen LogP contribution in [0.3, 0.4) is 0 Å². The smallest absolute Gasteiger partial charge is 0.407 e. The summed E-state index contributed by atoms with van der Waals surface area (Å²) in [6.07, 6.45) is -1.00. The average molecular weight is 657 g/mol. The number of ether oxygens (including phenoxy) is 3. The van der Waals surface area contributed by atoms with Gasteiger partial charge in [-0.25, -0.2) is 9.59 Å². The Hall–Kier alpha value is -3.14. The Morgan fingerprint density at radius 2 is 1.45 bits per heavy atom. The van der Waals surface area contributed by atoms with Crippen molar-refractivity contribution in [1.29, 1.82) is 0 Å². The average Bonchev–Trinajstić information content (AvgIpc) is 2.92. The maximum atomic E-state index is 12.9. The van der Waals surface area contributed by atoms with Crippen molar-refractivity contribution in [3.05, 3.63) is 88.4 Å². The second kappa shape index (κ2) is 13.9. The van der Waals surface area contributed by atoms with Gasteiger partial charge in [0, 0.05) is 0 Å². The van der Waals surface area contributed by atoms with Crippen LogP contribution < -0.4 is 20.4 Å². The molecule has 1 unspecified atom stereocenters. The number of benzene rings is 3. The number of amides is 1. The highest BCUT2D eigenvalue weighted by Gasteiger charge is 2.50. The monoisotopic (exact) mass is 655 g/mol. The van der Waals surface area contributed by atoms with Gasteiger partial charge in [-0.3, -0.25) is 0 Å². The van der Waals surface area contributed by atoms with Crippen LogP contribution in [0.25, 0.3) is 0 Å². The van der Waals surface area contributed by atoms with Crippen molar-refractivity contribution in [2.45, 2.75) is 71.8 Å². The van der Waals surface area contributed by atoms with Crippen molar-refractivity contribution in [2.24, 2.45) is 0 Å². The quantitative estimate of drug-likeness (QED) is 0.196. The summed E-state index contributed by atoms with van der Waals surface area (Å²) in [4.78, 5) is 25.0. The lowest BCUT2D eigenvalue weighted by Crippen LogP contribution is -2.66. The van der Waals surface area contributed by atoms with Crippen LogP contribution in [-0.4, -0.2) is 45.7 Å². The maximum Gasteiger partial charge on any atom is 0.407 e. The SMILES string of the molecule is COC(=O)c1cc(CO[Si](c2ccccc2)(c2ccccc2)C(C)(C)C)cc(Br)c1OC(C)CNC(=O)OC(C)(C)C. The number of hydrogen-bond donors (Lipinski definition) is 1. The van der Waals surface area contributed by atoms with Gasteiger partial charge in [0.25, 0.3) is 8.32 Å². The van der Waals surface area contributed by atoms with Crippen LogP contribution in [0, 0.1) is 0 Å². The predicted octanol–water partition coefficient (Wildman–Crippen LogP) is 6.60. The molecule has 0 saturated heterocycles. The second-order valence-electron chi connectivity index (χ2n) is 12.2. The predicted molar refractivity (Wildman–Crippen MR) is 172 cm³/mol. The van der Waals surface area contributed by atoms with E-state index in [2.05, 4.69) is 66.3 Å². The Morgan fingerprint density at radius 1 is 0.905 bits per heavy atom. The summed E-state index contributed by atoms with van der Waals surface area (Å²) in [7, 11) is -1.46. The summed E-state index contributed by atoms with van der Waals surface area (Å²) in [6.45, 7) is 14.3. The molecule has 0 aromatic heterocycles. The van der Waals surface area contributed by atoms with E-state index < -0.39 is 32.1 Å². The molecule has 3 aromatic carbocycles. The molecule has 0 radical (unpaired) electrons. The van der Waals surface area contributed by atoms with Crippen LogP contribution in [0.15, 0.2) is 77.3 Å². The van der Waals surface area contributed by atoms with Crippen molar-refractivity contribution in [3.8, 4) is 5.75 Å². The van der Waals surface area contributed by atoms with E-state index >= 15 is 0 Å². The number of esters is 1. The van der Waals surface area contributed by atoms with Gasteiger partial charge in [-0.1, -0.05) is 81.4 Å². The van der Waals surface area contributed by atoms with Crippen molar-refractivity contribution >= 4 is 46.7 Å². The standard InChI is InChI=1S/C33H42BrNO6Si/c1-23(21-35-31(37)41-32(2,3)4)40-29-27(30(36)38-8)19-24(20-28(29)34)22-39-42(33(5,6)7,25-15-11-9-12-16-25)26-17-13-10-14-18-26/h9-20,23H,21-22H2,1-8H3,(H,35,37). The Bertz CT molecular complexity index is 1310. The minimum Gasteiger partial charge on any atom is -0.487 e. The number of rotatable bonds is 10. The number of alkyl carbamates (subject to hydrolysis) is 1. The van der Waals surface area contributed by atoms with Crippen molar-refractivity contribution < 1.29 is 28.2 Å². The van der Waals surface area contributed by atoms with E-state index in [0.717, 1.165) is 5.56 Å². The van der Waals surface area contributed by atoms with E-state index in [1.165, 1.54) is 17.5 Å². The highest BCUT2D eigenvalue weighted by atomic mass is 79.9. The molecule has 1 amide bonds. The van der Waals surface area contributed by atoms with Crippen molar-refractivity contribution in [1.82, 2.24) is 5.32 Å². The van der Waals surface area contributed by atoms with E-state index in [0.29, 0.717) is 10.2 Å². The number of nitrogens with one attached hydrogen (secondary N) is 1. The fraction of sp³-hybridized carbons (Fsp3) is 0.394. The molecular weight excluding hydrogens is 614 g/mol. The zero-order chi connectivity index (χ0) is 31.1. The van der Waals surface area contributed by atoms with Crippen LogP contribution >= 0.6 is 15.9 Å². The number of carbonyl (C=O) groups excluding carboxylic acids is 2. The van der Waals surface area contributed by atoms with Gasteiger partial charge < -0.3 is 24.0 Å². The molecular formula is C33H42BrNO6Si. The first-order chi connectivity index (χ1) is 19.7. The van der Waals surface area contributed by atoms with Gasteiger partial charge in [0.1, 0.15) is 23.0 Å². The van der Waals surface area contributed by atoms with Crippen LogP contribution in [0.1, 0.15) is 64.4 Å². The maximum absolute atomic E-state index is 12.9. The molecule has 0 bridgehead atoms. The van der Waals surface area contributed by atoms with E-state index in [4.69, 9.17) is 18.6 Å². The zero-order valence-electron chi connectivity index (χ0n) is 25.7. The third-order valence-electron chi connectivity index (χ3n) is 6.63. The fourth-order valence-corrected chi connectivity index (χ4v) is 9.99. The molecule has 0 fully saturated rings. The second-order valence-corrected chi connectivity index (χ2v) is 17.4. The van der Waals surface area contributed by atoms with Gasteiger partial charge in [-0.05, 0) is 76.7 Å². The molecule has 0 heterocycles. The summed E-state index contributed by atoms with van der Waals surface area (Å²) >= 11 is 3.60. The van der Waals surface area contributed by atoms with Gasteiger partial charge in [-0.2, -0.15) is 0 Å². The summed E-state index contributed by atoms with van der Waals surface area (Å²) in [5, 5.41) is 4.84. The zero-order valence-corrected chi connectivity index (χ0v) is 28.3. The lowest BCUT2D eigenvalue weighted by atomic mass is 10.1. The third kappa shape index (κ3) is 8.24. The largest absolute Gasteiger partial charge is 0.487 e. The van der Waals surface area contributed by atoms with E-state index in [-0.39, 0.29) is 23.8 Å². The number of halogens is 1. The number of hydrogen-bond acceptors (Lipinski definition) is 6. The molecule has 0 spiro atoms. The molecule has 0 aliphatic rings. The topological polar surface area (TPSA) is 83.1 Å². The molecule has 3 aromatic rings. The molecule has 9 heteroatoms. The van der Waals surface area contributed by atoms with Crippen LogP contribution in [0.5, 0.6) is 5.75 Å². The molecule has 3 rings (SSSR count). The van der Waals surface area contributed by atoms with Crippen molar-refractivity contribution in [2.75, 3.05) is 13.7 Å². The fourth-order valence-electron chi connectivity index (χ4n) is 4.85. The molecule has 0 aliphatic heterocycles. The van der Waals surface area contributed by atoms with Gasteiger partial charge >= 0.3 is 12.1 Å². The van der Waals surface area contributed by atoms with Crippen LogP contribution in [0.2, 0.25) is 5.04 Å². The highest BCUT2D eigenvalue weighted by molar-refractivity contribution is 9.10. The van der Waals surface area contributed by atoms with E-state index in [1.807, 2.05) is 42.5 Å². The molecule has 7 nitrogen and oxygen atoms in total. The van der Waals surface area contributed by atoms with Gasteiger partial charge in [0.05, 0.1) is 24.7 Å². The first-order valence-electron chi connectivity index (χ1n) is 14.0. The minimum atomic E-state index is -2.80. The lowest BCUT2D eigenvalue weighted by Gasteiger charge is -2.43. The van der Waals surface area contributed by atoms with Crippen LogP contribution in [-0.2, 0) is 20.5 Å². The Kier molecular flexibility index (Phi) is 11.0. The van der Waals surface area contributed by atoms with Gasteiger partial charge in [0.2, 0.25) is 0 Å². The molecule has 0 aliphatic carbocycles. The van der Waals surface area contributed by atoms with Crippen LogP contribution in [0.4, 0.5) is 4.79 Å². The molecule has 1 atom stereocenters.